The van der Waals surface area contributed by atoms with E-state index in [1.54, 1.807) is 36.5 Å². The van der Waals surface area contributed by atoms with Crippen LogP contribution in [-0.2, 0) is 4.74 Å². The Morgan fingerprint density at radius 1 is 1.28 bits per heavy atom. The van der Waals surface area contributed by atoms with E-state index in [1.165, 1.54) is 0 Å². The van der Waals surface area contributed by atoms with Gasteiger partial charge < -0.3 is 14.8 Å². The van der Waals surface area contributed by atoms with E-state index in [-0.39, 0.29) is 6.61 Å². The molecule has 0 aliphatic heterocycles. The zero-order valence-corrected chi connectivity index (χ0v) is 14.4. The first-order valence-corrected chi connectivity index (χ1v) is 8.09. The molecule has 2 rings (SSSR count). The number of nitriles is 1. The molecule has 0 radical (unpaired) electrons. The van der Waals surface area contributed by atoms with Gasteiger partial charge in [-0.05, 0) is 30.2 Å². The van der Waals surface area contributed by atoms with Gasteiger partial charge >= 0.3 is 5.97 Å². The number of anilines is 1. The highest BCUT2D eigenvalue weighted by Gasteiger charge is 2.14. The van der Waals surface area contributed by atoms with Crippen molar-refractivity contribution in [2.45, 2.75) is 13.8 Å². The quantitative estimate of drug-likeness (QED) is 0.587. The number of pyridine rings is 1. The van der Waals surface area contributed by atoms with Crippen LogP contribution < -0.4 is 10.1 Å². The lowest BCUT2D eigenvalue weighted by atomic mass is 10.2. The van der Waals surface area contributed by atoms with E-state index < -0.39 is 5.97 Å². The van der Waals surface area contributed by atoms with Crippen molar-refractivity contribution < 1.29 is 14.3 Å². The van der Waals surface area contributed by atoms with Crippen LogP contribution in [0.15, 0.2) is 42.6 Å². The third-order valence-corrected chi connectivity index (χ3v) is 3.23. The highest BCUT2D eigenvalue weighted by molar-refractivity contribution is 5.92. The number of rotatable bonds is 8. The fourth-order valence-electron chi connectivity index (χ4n) is 2.04. The van der Waals surface area contributed by atoms with Crippen molar-refractivity contribution in [2.24, 2.45) is 5.92 Å². The van der Waals surface area contributed by atoms with Crippen molar-refractivity contribution in [1.29, 1.82) is 5.26 Å². The maximum atomic E-state index is 12.2. The average molecular weight is 339 g/mol. The molecule has 0 spiro atoms. The number of hydrogen-bond acceptors (Lipinski definition) is 6. The minimum absolute atomic E-state index is 0.152. The van der Waals surface area contributed by atoms with Crippen LogP contribution in [-0.4, -0.2) is 30.7 Å². The molecule has 1 N–H and O–H groups in total. The molecule has 0 aliphatic rings. The SMILES string of the molecule is CC(C)COc1ccccc1C(=O)OCCNc1ncccc1C#N. The van der Waals surface area contributed by atoms with Gasteiger partial charge in [-0.2, -0.15) is 5.26 Å². The summed E-state index contributed by atoms with van der Waals surface area (Å²) in [5.74, 6) is 0.913. The monoisotopic (exact) mass is 339 g/mol. The fraction of sp³-hybridized carbons (Fsp3) is 0.316. The zero-order chi connectivity index (χ0) is 18.1. The van der Waals surface area contributed by atoms with Gasteiger partial charge in [0.15, 0.2) is 0 Å². The van der Waals surface area contributed by atoms with Gasteiger partial charge in [-0.3, -0.25) is 0 Å². The lowest BCUT2D eigenvalue weighted by Crippen LogP contribution is -2.16. The summed E-state index contributed by atoms with van der Waals surface area (Å²) in [4.78, 5) is 16.3. The van der Waals surface area contributed by atoms with E-state index in [9.17, 15) is 4.79 Å². The van der Waals surface area contributed by atoms with E-state index in [2.05, 4.69) is 16.4 Å². The minimum Gasteiger partial charge on any atom is -0.492 e. The molecule has 1 aromatic heterocycles. The van der Waals surface area contributed by atoms with Crippen LogP contribution in [0.3, 0.4) is 0 Å². The van der Waals surface area contributed by atoms with Crippen molar-refractivity contribution in [1.82, 2.24) is 4.98 Å². The van der Waals surface area contributed by atoms with Crippen LogP contribution in [0.25, 0.3) is 0 Å². The van der Waals surface area contributed by atoms with Crippen LogP contribution >= 0.6 is 0 Å². The van der Waals surface area contributed by atoms with Gasteiger partial charge in [-0.25, -0.2) is 9.78 Å². The van der Waals surface area contributed by atoms with Crippen LogP contribution in [0.5, 0.6) is 5.75 Å². The van der Waals surface area contributed by atoms with Gasteiger partial charge in [0.25, 0.3) is 0 Å². The van der Waals surface area contributed by atoms with E-state index in [0.717, 1.165) is 0 Å². The van der Waals surface area contributed by atoms with Crippen LogP contribution in [0.2, 0.25) is 0 Å². The molecule has 25 heavy (non-hydrogen) atoms. The molecule has 0 bridgehead atoms. The number of esters is 1. The molecule has 0 saturated heterocycles. The third kappa shape index (κ3) is 5.50. The largest absolute Gasteiger partial charge is 0.492 e. The molecule has 0 amide bonds. The summed E-state index contributed by atoms with van der Waals surface area (Å²) in [5, 5.41) is 12.0. The number of para-hydroxylation sites is 1. The molecule has 6 heteroatoms. The highest BCUT2D eigenvalue weighted by atomic mass is 16.5. The number of benzene rings is 1. The summed E-state index contributed by atoms with van der Waals surface area (Å²) in [6, 6.07) is 12.4. The number of carbonyl (C=O) groups is 1. The number of nitrogens with zero attached hydrogens (tertiary/aromatic N) is 2. The number of nitrogens with one attached hydrogen (secondary N) is 1. The van der Waals surface area contributed by atoms with E-state index >= 15 is 0 Å². The molecular weight excluding hydrogens is 318 g/mol. The van der Waals surface area contributed by atoms with E-state index in [4.69, 9.17) is 14.7 Å². The zero-order valence-electron chi connectivity index (χ0n) is 14.4. The standard InChI is InChI=1S/C19H21N3O3/c1-14(2)13-25-17-8-4-3-7-16(17)19(23)24-11-10-22-18-15(12-20)6-5-9-21-18/h3-9,14H,10-11,13H2,1-2H3,(H,21,22). The van der Waals surface area contributed by atoms with Gasteiger partial charge in [0.2, 0.25) is 0 Å². The van der Waals surface area contributed by atoms with E-state index in [1.807, 2.05) is 19.9 Å². The lowest BCUT2D eigenvalue weighted by Gasteiger charge is -2.13. The second-order valence-electron chi connectivity index (χ2n) is 5.78. The van der Waals surface area contributed by atoms with Gasteiger partial charge in [0, 0.05) is 6.20 Å². The van der Waals surface area contributed by atoms with Crippen molar-refractivity contribution >= 4 is 11.8 Å². The molecule has 0 saturated carbocycles. The topological polar surface area (TPSA) is 84.2 Å². The average Bonchev–Trinajstić information content (AvgIpc) is 2.63. The summed E-state index contributed by atoms with van der Waals surface area (Å²) < 4.78 is 10.9. The predicted molar refractivity (Wildman–Crippen MR) is 94.5 cm³/mol. The Bertz CT molecular complexity index is 754. The van der Waals surface area contributed by atoms with Crippen molar-refractivity contribution in [3.05, 3.63) is 53.7 Å². The third-order valence-electron chi connectivity index (χ3n) is 3.23. The van der Waals surface area contributed by atoms with Gasteiger partial charge in [-0.15, -0.1) is 0 Å². The first kappa shape index (κ1) is 18.3. The Hall–Kier alpha value is -3.07. The second-order valence-corrected chi connectivity index (χ2v) is 5.78. The fourth-order valence-corrected chi connectivity index (χ4v) is 2.04. The maximum Gasteiger partial charge on any atom is 0.341 e. The molecular formula is C19H21N3O3. The van der Waals surface area contributed by atoms with Crippen LogP contribution in [0.1, 0.15) is 29.8 Å². The molecule has 1 aromatic carbocycles. The van der Waals surface area contributed by atoms with Crippen molar-refractivity contribution in [3.63, 3.8) is 0 Å². The number of carbonyl (C=O) groups excluding carboxylic acids is 1. The Morgan fingerprint density at radius 3 is 2.84 bits per heavy atom. The van der Waals surface area contributed by atoms with Crippen LogP contribution in [0.4, 0.5) is 5.82 Å². The van der Waals surface area contributed by atoms with Crippen molar-refractivity contribution in [3.8, 4) is 11.8 Å². The smallest absolute Gasteiger partial charge is 0.341 e. The first-order valence-electron chi connectivity index (χ1n) is 8.09. The first-order chi connectivity index (χ1) is 12.1. The Kier molecular flexibility index (Phi) is 6.78. The van der Waals surface area contributed by atoms with Gasteiger partial charge in [0.05, 0.1) is 18.7 Å². The summed E-state index contributed by atoms with van der Waals surface area (Å²) >= 11 is 0. The summed E-state index contributed by atoms with van der Waals surface area (Å²) in [6.45, 7) is 5.12. The highest BCUT2D eigenvalue weighted by Crippen LogP contribution is 2.19. The summed E-state index contributed by atoms with van der Waals surface area (Å²) in [6.07, 6.45) is 1.59. The molecule has 130 valence electrons. The van der Waals surface area contributed by atoms with Crippen molar-refractivity contribution in [2.75, 3.05) is 25.1 Å². The molecule has 0 fully saturated rings. The number of hydrogen-bond donors (Lipinski definition) is 1. The van der Waals surface area contributed by atoms with Gasteiger partial charge in [0.1, 0.15) is 29.8 Å². The molecule has 1 heterocycles. The molecule has 2 aromatic rings. The summed E-state index contributed by atoms with van der Waals surface area (Å²) in [7, 11) is 0. The molecule has 6 nitrogen and oxygen atoms in total. The molecule has 0 unspecified atom stereocenters. The Labute approximate surface area is 147 Å². The minimum atomic E-state index is -0.442. The Balaban J connectivity index is 1.87. The lowest BCUT2D eigenvalue weighted by molar-refractivity contribution is 0.0515. The summed E-state index contributed by atoms with van der Waals surface area (Å²) in [5.41, 5.74) is 0.847. The Morgan fingerprint density at radius 2 is 2.08 bits per heavy atom. The van der Waals surface area contributed by atoms with Gasteiger partial charge in [-0.1, -0.05) is 26.0 Å². The number of ether oxygens (including phenoxy) is 2. The van der Waals surface area contributed by atoms with Crippen LogP contribution in [0, 0.1) is 17.2 Å². The van der Waals surface area contributed by atoms with E-state index in [0.29, 0.717) is 41.8 Å². The predicted octanol–water partition coefficient (Wildman–Crippen LogP) is 3.26. The molecule has 0 aliphatic carbocycles. The maximum absolute atomic E-state index is 12.2. The second kappa shape index (κ2) is 9.28. The molecule has 0 atom stereocenters. The number of aromatic nitrogens is 1. The normalized spacial score (nSPS) is 10.2.